The smallest absolute Gasteiger partial charge is 0.493 e. The molecule has 6 rings (SSSR count). The van der Waals surface area contributed by atoms with E-state index in [2.05, 4.69) is 34.3 Å². The van der Waals surface area contributed by atoms with Crippen molar-refractivity contribution in [3.8, 4) is 46.3 Å². The van der Waals surface area contributed by atoms with Crippen molar-refractivity contribution in [2.75, 3.05) is 31.7 Å². The highest BCUT2D eigenvalue weighted by molar-refractivity contribution is 7.92. The minimum atomic E-state index is -4.47. The monoisotopic (exact) mass is 961 g/mol. The Hall–Kier alpha value is -7.59. The Kier molecular flexibility index (Phi) is 17.0. The molecule has 0 saturated carbocycles. The number of benzene rings is 4. The molecular formula is C43H43N7O17S. The number of nitrogens with one attached hydrogen (secondary N) is 1. The molecule has 68 heavy (non-hydrogen) atoms. The number of sulfonamides is 1. The zero-order chi connectivity index (χ0) is 48.7. The van der Waals surface area contributed by atoms with E-state index in [1.54, 1.807) is 68.4 Å². The molecular weight excluding hydrogens is 919 g/mol. The van der Waals surface area contributed by atoms with Crippen LogP contribution < -0.4 is 28.4 Å². The molecule has 358 valence electrons. The summed E-state index contributed by atoms with van der Waals surface area (Å²) >= 11 is 0. The molecule has 6 aromatic rings. The van der Waals surface area contributed by atoms with Crippen LogP contribution in [0.1, 0.15) is 30.5 Å². The first-order valence-corrected chi connectivity index (χ1v) is 21.3. The topological polar surface area (TPSA) is 302 Å². The van der Waals surface area contributed by atoms with Gasteiger partial charge < -0.3 is 33.2 Å². The van der Waals surface area contributed by atoms with Gasteiger partial charge in [-0.25, -0.2) is 42.6 Å². The van der Waals surface area contributed by atoms with Crippen molar-refractivity contribution in [2.24, 2.45) is 0 Å². The van der Waals surface area contributed by atoms with Gasteiger partial charge in [0.15, 0.2) is 23.1 Å². The molecule has 5 N–H and O–H groups in total. The van der Waals surface area contributed by atoms with Crippen LogP contribution >= 0.6 is 0 Å². The van der Waals surface area contributed by atoms with Gasteiger partial charge in [-0.3, -0.25) is 25.6 Å². The van der Waals surface area contributed by atoms with Gasteiger partial charge in [0.05, 0.1) is 36.0 Å². The molecule has 24 nitrogen and oxygen atoms in total. The molecule has 0 amide bonds. The van der Waals surface area contributed by atoms with E-state index >= 15 is 0 Å². The van der Waals surface area contributed by atoms with Crippen molar-refractivity contribution in [3.05, 3.63) is 132 Å². The second-order valence-corrected chi connectivity index (χ2v) is 16.1. The molecule has 0 aliphatic heterocycles. The van der Waals surface area contributed by atoms with Gasteiger partial charge in [0.25, 0.3) is 15.9 Å². The predicted octanol–water partition coefficient (Wildman–Crippen LogP) is 6.65. The minimum Gasteiger partial charge on any atom is -0.493 e. The van der Waals surface area contributed by atoms with Gasteiger partial charge in [0.2, 0.25) is 11.6 Å². The normalized spacial score (nSPS) is 11.5. The Morgan fingerprint density at radius 2 is 1.24 bits per heavy atom. The molecule has 2 aromatic heterocycles. The van der Waals surface area contributed by atoms with Gasteiger partial charge in [-0.05, 0) is 71.3 Å². The summed E-state index contributed by atoms with van der Waals surface area (Å²) in [6, 6.07) is 25.7. The molecule has 0 atom stereocenters. The number of hydrogen-bond donors (Lipinski definition) is 5. The van der Waals surface area contributed by atoms with E-state index < -0.39 is 44.3 Å². The van der Waals surface area contributed by atoms with Crippen LogP contribution in [0.3, 0.4) is 0 Å². The van der Waals surface area contributed by atoms with E-state index in [9.17, 15) is 18.0 Å². The quantitative estimate of drug-likeness (QED) is 0.0206. The summed E-state index contributed by atoms with van der Waals surface area (Å²) in [5.41, 5.74) is 0.860. The Morgan fingerprint density at radius 1 is 0.676 bits per heavy atom. The van der Waals surface area contributed by atoms with Crippen LogP contribution in [0.25, 0.3) is 11.6 Å². The van der Waals surface area contributed by atoms with Crippen molar-refractivity contribution >= 4 is 28.2 Å². The number of carbonyl (C=O) groups is 2. The van der Waals surface area contributed by atoms with Gasteiger partial charge in [0, 0.05) is 17.8 Å². The zero-order valence-corrected chi connectivity index (χ0v) is 37.0. The van der Waals surface area contributed by atoms with Crippen LogP contribution in [0.15, 0.2) is 120 Å². The number of methoxy groups -OCH3 is 1. The van der Waals surface area contributed by atoms with Crippen LogP contribution in [0.2, 0.25) is 0 Å². The third-order valence-corrected chi connectivity index (χ3v) is 10.4. The summed E-state index contributed by atoms with van der Waals surface area (Å²) in [6.07, 6.45) is 0.762. The number of anilines is 1. The number of hydrogen-bond acceptors (Lipinski definition) is 23. The molecule has 25 heteroatoms. The van der Waals surface area contributed by atoms with E-state index in [1.165, 1.54) is 68.0 Å². The average molecular weight is 962 g/mol. The molecule has 0 spiro atoms. The lowest BCUT2D eigenvalue weighted by molar-refractivity contribution is -0.497. The number of nitrogens with zero attached hydrogens (tertiary/aromatic N) is 6. The van der Waals surface area contributed by atoms with Crippen LogP contribution in [-0.4, -0.2) is 99.2 Å². The summed E-state index contributed by atoms with van der Waals surface area (Å²) in [4.78, 5) is 51.3. The maximum absolute atomic E-state index is 14.1. The number of para-hydroxylation sites is 2. The lowest BCUT2D eigenvalue weighted by Gasteiger charge is -2.24. The molecule has 0 fully saturated rings. The lowest BCUT2D eigenvalue weighted by atomic mass is 9.86. The zero-order valence-electron chi connectivity index (χ0n) is 36.2. The second-order valence-electron chi connectivity index (χ2n) is 14.4. The van der Waals surface area contributed by atoms with E-state index in [0.29, 0.717) is 16.7 Å². The second kappa shape index (κ2) is 23.2. The Balaban J connectivity index is 1.19. The molecule has 0 unspecified atom stereocenters. The Labute approximate surface area is 387 Å². The predicted molar refractivity (Wildman–Crippen MR) is 229 cm³/mol. The molecule has 4 aromatic carbocycles. The summed E-state index contributed by atoms with van der Waals surface area (Å²) in [5.74, 6) is -0.571. The highest BCUT2D eigenvalue weighted by atomic mass is 32.2. The standard InChI is InChI=1S/C43H43N7O17S/c1-43(2,27-62-42(52)66-32-17-11-29(12-18-32)26-64-50(55)56)30-13-19-33(20-14-30)68(57,58)48-37-36(67-35-8-5-4-7-34(35)59-3)40(47-39(46-37)38-44-21-6-22-45-38)60-23-24-61-41(51)65-31-15-9-28(10-16-31)25-63-49(53)54/h4-22,53-56H,23-27H2,1-3H3,(H,46,47,48). The van der Waals surface area contributed by atoms with Crippen molar-refractivity contribution in [1.29, 1.82) is 0 Å². The lowest BCUT2D eigenvalue weighted by Crippen LogP contribution is -2.27. The number of rotatable bonds is 22. The Bertz CT molecular complexity index is 2720. The summed E-state index contributed by atoms with van der Waals surface area (Å²) in [5, 5.41) is 34.0. The molecule has 2 heterocycles. The third kappa shape index (κ3) is 14.5. The molecule has 0 aliphatic carbocycles. The maximum Gasteiger partial charge on any atom is 0.513 e. The fraction of sp³-hybridized carbons (Fsp3) is 0.209. The first kappa shape index (κ1) is 49.8. The van der Waals surface area contributed by atoms with Crippen molar-refractivity contribution in [2.45, 2.75) is 37.4 Å². The van der Waals surface area contributed by atoms with Crippen LogP contribution in [-0.2, 0) is 47.8 Å². The SMILES string of the molecule is COc1ccccc1Oc1c(NS(=O)(=O)c2ccc(C(C)(C)COC(=O)Oc3ccc(CON(O)O)cc3)cc2)nc(-c2ncccn2)nc1OCCOC(=O)Oc1ccc(CON(O)O)cc1. The first-order valence-electron chi connectivity index (χ1n) is 19.8. The van der Waals surface area contributed by atoms with E-state index in [-0.39, 0.29) is 84.2 Å². The van der Waals surface area contributed by atoms with Gasteiger partial charge >= 0.3 is 12.3 Å². The van der Waals surface area contributed by atoms with Crippen LogP contribution in [0.4, 0.5) is 15.4 Å². The highest BCUT2D eigenvalue weighted by Gasteiger charge is 2.28. The molecule has 0 radical (unpaired) electrons. The number of ether oxygens (including phenoxy) is 7. The van der Waals surface area contributed by atoms with Gasteiger partial charge in [-0.15, -0.1) is 0 Å². The van der Waals surface area contributed by atoms with Crippen molar-refractivity contribution in [1.82, 2.24) is 30.7 Å². The number of aromatic nitrogens is 4. The highest BCUT2D eigenvalue weighted by Crippen LogP contribution is 2.41. The minimum absolute atomic E-state index is 0.0101. The molecule has 0 saturated heterocycles. The van der Waals surface area contributed by atoms with Crippen LogP contribution in [0, 0.1) is 0 Å². The van der Waals surface area contributed by atoms with Crippen molar-refractivity contribution in [3.63, 3.8) is 0 Å². The summed E-state index contributed by atoms with van der Waals surface area (Å²) in [7, 11) is -3.07. The van der Waals surface area contributed by atoms with E-state index in [0.717, 1.165) is 0 Å². The van der Waals surface area contributed by atoms with Gasteiger partial charge in [-0.1, -0.05) is 62.4 Å². The van der Waals surface area contributed by atoms with E-state index in [4.69, 9.17) is 54.0 Å². The number of carbonyl (C=O) groups excluding carboxylic acids is 2. The fourth-order valence-electron chi connectivity index (χ4n) is 5.70. The van der Waals surface area contributed by atoms with Gasteiger partial charge in [0.1, 0.15) is 31.3 Å². The van der Waals surface area contributed by atoms with Crippen molar-refractivity contribution < 1.29 is 81.7 Å². The van der Waals surface area contributed by atoms with Crippen LogP contribution in [0.5, 0.6) is 34.6 Å². The maximum atomic E-state index is 14.1. The summed E-state index contributed by atoms with van der Waals surface area (Å²) in [6.45, 7) is 2.32. The molecule has 0 aliphatic rings. The van der Waals surface area contributed by atoms with Gasteiger partial charge in [-0.2, -0.15) is 4.98 Å². The van der Waals surface area contributed by atoms with E-state index in [1.807, 2.05) is 0 Å². The largest absolute Gasteiger partial charge is 0.513 e. The first-order chi connectivity index (χ1) is 32.6. The third-order valence-electron chi connectivity index (χ3n) is 9.09. The summed E-state index contributed by atoms with van der Waals surface area (Å²) < 4.78 is 69.4. The molecule has 0 bridgehead atoms. The average Bonchev–Trinajstić information content (AvgIpc) is 3.33. The Morgan fingerprint density at radius 3 is 1.79 bits per heavy atom. The fourth-order valence-corrected chi connectivity index (χ4v) is 6.70.